The Morgan fingerprint density at radius 1 is 1.00 bits per heavy atom. The zero-order valence-corrected chi connectivity index (χ0v) is 14.0. The maximum Gasteiger partial charge on any atom is 0.324 e. The maximum absolute atomic E-state index is 5.81. The van der Waals surface area contributed by atoms with Gasteiger partial charge in [0.05, 0.1) is 12.6 Å². The molecule has 8 heteroatoms. The Morgan fingerprint density at radius 2 is 1.88 bits per heavy atom. The van der Waals surface area contributed by atoms with E-state index in [1.807, 2.05) is 42.5 Å². The minimum Gasteiger partial charge on any atom is -0.497 e. The SMILES string of the molecule is COc1cccc(Oc2nc(Nc3nncs3)c3ccccc3n2)c1. The standard InChI is InChI=1S/C17H13N5O2S/c1-23-11-5-4-6-12(9-11)24-16-19-14-8-3-2-7-13(14)15(20-16)21-17-22-18-10-25-17/h2-10H,1H3,(H,19,20,21,22). The zero-order valence-electron chi connectivity index (χ0n) is 13.2. The van der Waals surface area contributed by atoms with Crippen LogP contribution in [-0.2, 0) is 0 Å². The van der Waals surface area contributed by atoms with Crippen molar-refractivity contribution < 1.29 is 9.47 Å². The van der Waals surface area contributed by atoms with Gasteiger partial charge in [-0.05, 0) is 24.3 Å². The van der Waals surface area contributed by atoms with E-state index in [4.69, 9.17) is 9.47 Å². The van der Waals surface area contributed by atoms with E-state index < -0.39 is 0 Å². The summed E-state index contributed by atoms with van der Waals surface area (Å²) >= 11 is 1.39. The average molecular weight is 351 g/mol. The van der Waals surface area contributed by atoms with Crippen LogP contribution in [0.25, 0.3) is 10.9 Å². The van der Waals surface area contributed by atoms with Crippen molar-refractivity contribution in [2.45, 2.75) is 0 Å². The first-order valence-corrected chi connectivity index (χ1v) is 8.32. The third-order valence-corrected chi connectivity index (χ3v) is 4.03. The molecule has 1 N–H and O–H groups in total. The number of benzene rings is 2. The average Bonchev–Trinajstić information content (AvgIpc) is 3.15. The molecule has 0 radical (unpaired) electrons. The van der Waals surface area contributed by atoms with Gasteiger partial charge in [-0.25, -0.2) is 0 Å². The normalized spacial score (nSPS) is 10.6. The third-order valence-electron chi connectivity index (χ3n) is 3.42. The van der Waals surface area contributed by atoms with Crippen LogP contribution in [-0.4, -0.2) is 27.3 Å². The first kappa shape index (κ1) is 15.3. The summed E-state index contributed by atoms with van der Waals surface area (Å²) in [7, 11) is 1.61. The van der Waals surface area contributed by atoms with E-state index in [1.54, 1.807) is 18.7 Å². The lowest BCUT2D eigenvalue weighted by atomic mass is 10.2. The molecule has 0 aliphatic rings. The Morgan fingerprint density at radius 3 is 2.72 bits per heavy atom. The van der Waals surface area contributed by atoms with Crippen LogP contribution in [0.4, 0.5) is 10.9 Å². The van der Waals surface area contributed by atoms with Gasteiger partial charge in [-0.2, -0.15) is 9.97 Å². The van der Waals surface area contributed by atoms with E-state index >= 15 is 0 Å². The molecule has 4 rings (SSSR count). The number of rotatable bonds is 5. The second-order valence-electron chi connectivity index (χ2n) is 5.02. The highest BCUT2D eigenvalue weighted by molar-refractivity contribution is 7.13. The van der Waals surface area contributed by atoms with Crippen molar-refractivity contribution in [2.75, 3.05) is 12.4 Å². The van der Waals surface area contributed by atoms with E-state index in [2.05, 4.69) is 25.5 Å². The van der Waals surface area contributed by atoms with Crippen LogP contribution >= 0.6 is 11.3 Å². The van der Waals surface area contributed by atoms with Crippen molar-refractivity contribution in [3.63, 3.8) is 0 Å². The molecule has 0 unspecified atom stereocenters. The first-order valence-electron chi connectivity index (χ1n) is 7.44. The fourth-order valence-electron chi connectivity index (χ4n) is 2.30. The molecule has 4 aromatic rings. The van der Waals surface area contributed by atoms with E-state index in [9.17, 15) is 0 Å². The van der Waals surface area contributed by atoms with Crippen LogP contribution in [0.3, 0.4) is 0 Å². The summed E-state index contributed by atoms with van der Waals surface area (Å²) in [5, 5.41) is 12.5. The molecule has 0 atom stereocenters. The molecule has 0 saturated carbocycles. The summed E-state index contributed by atoms with van der Waals surface area (Å²) < 4.78 is 11.0. The van der Waals surface area contributed by atoms with Gasteiger partial charge in [-0.3, -0.25) is 0 Å². The van der Waals surface area contributed by atoms with Gasteiger partial charge in [-0.15, -0.1) is 10.2 Å². The van der Waals surface area contributed by atoms with Gasteiger partial charge in [0.25, 0.3) is 0 Å². The number of ether oxygens (including phenoxy) is 2. The number of anilines is 2. The number of nitrogens with one attached hydrogen (secondary N) is 1. The van der Waals surface area contributed by atoms with E-state index in [1.165, 1.54) is 11.3 Å². The molecule has 25 heavy (non-hydrogen) atoms. The number of hydrogen-bond donors (Lipinski definition) is 1. The van der Waals surface area contributed by atoms with Crippen LogP contribution in [0, 0.1) is 0 Å². The molecule has 0 amide bonds. The summed E-state index contributed by atoms with van der Waals surface area (Å²) in [6.45, 7) is 0. The van der Waals surface area contributed by atoms with E-state index in [-0.39, 0.29) is 6.01 Å². The molecule has 2 aromatic heterocycles. The Bertz CT molecular complexity index is 1010. The van der Waals surface area contributed by atoms with Gasteiger partial charge >= 0.3 is 6.01 Å². The van der Waals surface area contributed by atoms with Crippen LogP contribution < -0.4 is 14.8 Å². The molecule has 0 fully saturated rings. The fourth-order valence-corrected chi connectivity index (χ4v) is 2.74. The Kier molecular flexibility index (Phi) is 4.09. The predicted octanol–water partition coefficient (Wildman–Crippen LogP) is 4.03. The van der Waals surface area contributed by atoms with Gasteiger partial charge in [-0.1, -0.05) is 29.5 Å². The third kappa shape index (κ3) is 3.33. The number of fused-ring (bicyclic) bond motifs is 1. The van der Waals surface area contributed by atoms with E-state index in [0.29, 0.717) is 22.4 Å². The quantitative estimate of drug-likeness (QED) is 0.581. The first-order chi connectivity index (χ1) is 12.3. The van der Waals surface area contributed by atoms with Gasteiger partial charge in [0.1, 0.15) is 22.8 Å². The highest BCUT2D eigenvalue weighted by atomic mass is 32.1. The van der Waals surface area contributed by atoms with Crippen molar-refractivity contribution in [3.8, 4) is 17.5 Å². The van der Waals surface area contributed by atoms with Gasteiger partial charge in [0, 0.05) is 11.5 Å². The van der Waals surface area contributed by atoms with Gasteiger partial charge in [0.15, 0.2) is 0 Å². The summed E-state index contributed by atoms with van der Waals surface area (Å²) in [5.41, 5.74) is 2.42. The molecule has 2 aromatic carbocycles. The number of nitrogens with zero attached hydrogens (tertiary/aromatic N) is 4. The second-order valence-corrected chi connectivity index (χ2v) is 5.86. The zero-order chi connectivity index (χ0) is 17.1. The largest absolute Gasteiger partial charge is 0.497 e. The number of methoxy groups -OCH3 is 1. The smallest absolute Gasteiger partial charge is 0.324 e. The van der Waals surface area contributed by atoms with Crippen molar-refractivity contribution in [3.05, 3.63) is 54.0 Å². The monoisotopic (exact) mass is 351 g/mol. The number of aromatic nitrogens is 4. The molecule has 0 aliphatic carbocycles. The Labute approximate surface area is 147 Å². The molecule has 2 heterocycles. The molecule has 0 spiro atoms. The van der Waals surface area contributed by atoms with Crippen LogP contribution in [0.15, 0.2) is 54.0 Å². The van der Waals surface area contributed by atoms with Crippen molar-refractivity contribution in [2.24, 2.45) is 0 Å². The number of para-hydroxylation sites is 1. The number of hydrogen-bond acceptors (Lipinski definition) is 8. The topological polar surface area (TPSA) is 82.0 Å². The Hall–Kier alpha value is -3.26. The molecule has 0 bridgehead atoms. The molecule has 7 nitrogen and oxygen atoms in total. The summed E-state index contributed by atoms with van der Waals surface area (Å²) in [5.74, 6) is 1.90. The van der Waals surface area contributed by atoms with Gasteiger partial charge in [0.2, 0.25) is 5.13 Å². The summed E-state index contributed by atoms with van der Waals surface area (Å²) in [6.07, 6.45) is 0. The van der Waals surface area contributed by atoms with Crippen molar-refractivity contribution in [1.82, 2.24) is 20.2 Å². The molecular formula is C17H13N5O2S. The minimum atomic E-state index is 0.235. The Balaban J connectivity index is 1.73. The molecular weight excluding hydrogens is 338 g/mol. The minimum absolute atomic E-state index is 0.235. The second kappa shape index (κ2) is 6.70. The lowest BCUT2D eigenvalue weighted by molar-refractivity contribution is 0.405. The van der Waals surface area contributed by atoms with Crippen LogP contribution in [0.1, 0.15) is 0 Å². The van der Waals surface area contributed by atoms with Crippen molar-refractivity contribution >= 4 is 33.2 Å². The lowest BCUT2D eigenvalue weighted by Crippen LogP contribution is -1.99. The van der Waals surface area contributed by atoms with Gasteiger partial charge < -0.3 is 14.8 Å². The lowest BCUT2D eigenvalue weighted by Gasteiger charge is -2.10. The van der Waals surface area contributed by atoms with Crippen LogP contribution in [0.5, 0.6) is 17.5 Å². The maximum atomic E-state index is 5.81. The van der Waals surface area contributed by atoms with Crippen LogP contribution in [0.2, 0.25) is 0 Å². The summed E-state index contributed by atoms with van der Waals surface area (Å²) in [6, 6.07) is 15.2. The van der Waals surface area contributed by atoms with Crippen molar-refractivity contribution in [1.29, 1.82) is 0 Å². The molecule has 124 valence electrons. The highest BCUT2D eigenvalue weighted by Gasteiger charge is 2.11. The van der Waals surface area contributed by atoms with E-state index in [0.717, 1.165) is 10.9 Å². The summed E-state index contributed by atoms with van der Waals surface area (Å²) in [4.78, 5) is 8.95. The fraction of sp³-hybridized carbons (Fsp3) is 0.0588. The molecule has 0 saturated heterocycles. The molecule has 0 aliphatic heterocycles. The predicted molar refractivity (Wildman–Crippen MR) is 95.8 cm³/mol. The highest BCUT2D eigenvalue weighted by Crippen LogP contribution is 2.29.